The van der Waals surface area contributed by atoms with E-state index in [1.165, 1.54) is 0 Å². The van der Waals surface area contributed by atoms with Crippen molar-refractivity contribution in [3.63, 3.8) is 0 Å². The molecule has 0 bridgehead atoms. The molecule has 15 heavy (non-hydrogen) atoms. The van der Waals surface area contributed by atoms with Crippen LogP contribution in [0.2, 0.25) is 0 Å². The smallest absolute Gasteiger partial charge is 0.259 e. The Morgan fingerprint density at radius 3 is 3.00 bits per heavy atom. The van der Waals surface area contributed by atoms with Gasteiger partial charge < -0.3 is 0 Å². The van der Waals surface area contributed by atoms with Crippen LogP contribution in [0.4, 0.5) is 5.69 Å². The van der Waals surface area contributed by atoms with Crippen LogP contribution in [0.15, 0.2) is 35.3 Å². The normalized spacial score (nSPS) is 16.2. The van der Waals surface area contributed by atoms with Crippen LogP contribution in [0.1, 0.15) is 5.56 Å². The maximum atomic E-state index is 10.6. The van der Waals surface area contributed by atoms with Crippen molar-refractivity contribution in [3.05, 3.63) is 35.9 Å². The summed E-state index contributed by atoms with van der Waals surface area (Å²) >= 11 is -2.03. The summed E-state index contributed by atoms with van der Waals surface area (Å²) in [6.07, 6.45) is 3.81. The highest BCUT2D eigenvalue weighted by molar-refractivity contribution is 7.80. The van der Waals surface area contributed by atoms with Gasteiger partial charge in [-0.1, -0.05) is 18.2 Å². The molecule has 2 N–H and O–H groups in total. The molecular formula is C10H10N2O2S. The lowest BCUT2D eigenvalue weighted by Gasteiger charge is -2.04. The summed E-state index contributed by atoms with van der Waals surface area (Å²) in [5.74, 6) is 0. The second-order valence-electron chi connectivity index (χ2n) is 3.09. The van der Waals surface area contributed by atoms with Crippen molar-refractivity contribution in [2.75, 3.05) is 11.3 Å². The highest BCUT2D eigenvalue weighted by Gasteiger charge is 2.03. The molecule has 0 saturated carbocycles. The van der Waals surface area contributed by atoms with E-state index in [0.29, 0.717) is 12.2 Å². The highest BCUT2D eigenvalue weighted by atomic mass is 32.2. The largest absolute Gasteiger partial charge is 0.289 e. The van der Waals surface area contributed by atoms with Crippen LogP contribution in [0.25, 0.3) is 5.57 Å². The van der Waals surface area contributed by atoms with E-state index >= 15 is 0 Å². The van der Waals surface area contributed by atoms with E-state index in [1.807, 2.05) is 24.3 Å². The maximum absolute atomic E-state index is 10.6. The third-order valence-corrected chi connectivity index (χ3v) is 2.46. The summed E-state index contributed by atoms with van der Waals surface area (Å²) < 4.78 is 21.7. The monoisotopic (exact) mass is 222 g/mol. The summed E-state index contributed by atoms with van der Waals surface area (Å²) in [4.78, 5) is 4.08. The van der Waals surface area contributed by atoms with Crippen molar-refractivity contribution in [2.45, 2.75) is 0 Å². The molecule has 4 nitrogen and oxygen atoms in total. The third-order valence-electron chi connectivity index (χ3n) is 2.05. The van der Waals surface area contributed by atoms with Crippen LogP contribution >= 0.6 is 0 Å². The molecule has 0 spiro atoms. The van der Waals surface area contributed by atoms with Gasteiger partial charge in [-0.2, -0.15) is 0 Å². The van der Waals surface area contributed by atoms with Gasteiger partial charge in [-0.05, 0) is 23.3 Å². The predicted octanol–water partition coefficient (Wildman–Crippen LogP) is 1.70. The van der Waals surface area contributed by atoms with E-state index in [4.69, 9.17) is 4.55 Å². The molecule has 1 aliphatic rings. The molecule has 78 valence electrons. The Kier molecular flexibility index (Phi) is 2.94. The molecule has 0 saturated heterocycles. The fraction of sp³-hybridized carbons (Fsp3) is 0.100. The Morgan fingerprint density at radius 2 is 2.33 bits per heavy atom. The number of benzene rings is 1. The van der Waals surface area contributed by atoms with E-state index in [2.05, 4.69) is 9.71 Å². The van der Waals surface area contributed by atoms with Crippen molar-refractivity contribution >= 4 is 28.7 Å². The van der Waals surface area contributed by atoms with Gasteiger partial charge in [0.25, 0.3) is 11.3 Å². The maximum Gasteiger partial charge on any atom is 0.259 e. The van der Waals surface area contributed by atoms with Crippen LogP contribution in [0, 0.1) is 0 Å². The van der Waals surface area contributed by atoms with Gasteiger partial charge in [0.05, 0.1) is 6.54 Å². The molecule has 1 heterocycles. The molecule has 1 aromatic carbocycles. The first-order valence-corrected chi connectivity index (χ1v) is 5.54. The van der Waals surface area contributed by atoms with Crippen molar-refractivity contribution in [1.29, 1.82) is 0 Å². The van der Waals surface area contributed by atoms with Crippen molar-refractivity contribution in [2.24, 2.45) is 4.99 Å². The molecule has 1 unspecified atom stereocenters. The second-order valence-corrected chi connectivity index (χ2v) is 3.79. The average molecular weight is 222 g/mol. The first-order chi connectivity index (χ1) is 7.25. The molecular weight excluding hydrogens is 212 g/mol. The third kappa shape index (κ3) is 2.51. The zero-order chi connectivity index (χ0) is 10.7. The SMILES string of the molecule is O=S(O)Nc1cccc(C2=CCN=C2)c1. The number of hydrogen-bond acceptors (Lipinski definition) is 2. The summed E-state index contributed by atoms with van der Waals surface area (Å²) in [5, 5.41) is 0. The predicted molar refractivity (Wildman–Crippen MR) is 62.2 cm³/mol. The number of rotatable bonds is 3. The van der Waals surface area contributed by atoms with Gasteiger partial charge in [0, 0.05) is 11.9 Å². The zero-order valence-electron chi connectivity index (χ0n) is 7.88. The number of nitrogens with one attached hydrogen (secondary N) is 1. The molecule has 1 atom stereocenters. The molecule has 1 aliphatic heterocycles. The zero-order valence-corrected chi connectivity index (χ0v) is 8.70. The molecule has 1 aromatic rings. The first-order valence-electron chi connectivity index (χ1n) is 4.43. The van der Waals surface area contributed by atoms with E-state index < -0.39 is 11.3 Å². The summed E-state index contributed by atoms with van der Waals surface area (Å²) in [5.41, 5.74) is 2.66. The molecule has 2 rings (SSSR count). The lowest BCUT2D eigenvalue weighted by atomic mass is 10.1. The van der Waals surface area contributed by atoms with Crippen LogP contribution in [0.5, 0.6) is 0 Å². The Morgan fingerprint density at radius 1 is 1.47 bits per heavy atom. The quantitative estimate of drug-likeness (QED) is 0.765. The topological polar surface area (TPSA) is 61.7 Å². The summed E-state index contributed by atoms with van der Waals surface area (Å²) in [6.45, 7) is 0.707. The van der Waals surface area contributed by atoms with Gasteiger partial charge in [0.15, 0.2) is 0 Å². The first kappa shape index (κ1) is 10.1. The number of allylic oxidation sites excluding steroid dienone is 1. The van der Waals surface area contributed by atoms with Gasteiger partial charge in [-0.3, -0.25) is 14.3 Å². The van der Waals surface area contributed by atoms with E-state index in [9.17, 15) is 4.21 Å². The van der Waals surface area contributed by atoms with Crippen molar-refractivity contribution < 1.29 is 8.76 Å². The van der Waals surface area contributed by atoms with Gasteiger partial charge in [0.2, 0.25) is 0 Å². The van der Waals surface area contributed by atoms with Gasteiger partial charge in [-0.15, -0.1) is 0 Å². The van der Waals surface area contributed by atoms with E-state index in [0.717, 1.165) is 11.1 Å². The number of hydrogen-bond donors (Lipinski definition) is 2. The standard InChI is InChI=1S/C10H10N2O2S/c13-15(14)12-10-3-1-2-8(6-10)9-4-5-11-7-9/h1-4,6-7,12H,5H2,(H,13,14). The lowest BCUT2D eigenvalue weighted by molar-refractivity contribution is 0.570. The Hall–Kier alpha value is -1.46. The van der Waals surface area contributed by atoms with Crippen LogP contribution < -0.4 is 4.72 Å². The van der Waals surface area contributed by atoms with Gasteiger partial charge >= 0.3 is 0 Å². The minimum atomic E-state index is -2.03. The Labute approximate surface area is 90.2 Å². The molecule has 0 aromatic heterocycles. The molecule has 0 aliphatic carbocycles. The second kappa shape index (κ2) is 4.37. The average Bonchev–Trinajstić information content (AvgIpc) is 2.69. The lowest BCUT2D eigenvalue weighted by Crippen LogP contribution is -2.01. The van der Waals surface area contributed by atoms with E-state index in [-0.39, 0.29) is 0 Å². The van der Waals surface area contributed by atoms with Crippen LogP contribution in [0.3, 0.4) is 0 Å². The van der Waals surface area contributed by atoms with Crippen molar-refractivity contribution in [1.82, 2.24) is 0 Å². The Balaban J connectivity index is 2.26. The summed E-state index contributed by atoms with van der Waals surface area (Å²) in [6, 6.07) is 7.33. The molecule has 0 fully saturated rings. The number of nitrogens with zero attached hydrogens (tertiary/aromatic N) is 1. The van der Waals surface area contributed by atoms with Crippen LogP contribution in [-0.4, -0.2) is 21.5 Å². The molecule has 0 amide bonds. The fourth-order valence-corrected chi connectivity index (χ4v) is 1.74. The highest BCUT2D eigenvalue weighted by Crippen LogP contribution is 2.19. The van der Waals surface area contributed by atoms with Gasteiger partial charge in [0.1, 0.15) is 0 Å². The van der Waals surface area contributed by atoms with Crippen molar-refractivity contribution in [3.8, 4) is 0 Å². The fourth-order valence-electron chi connectivity index (χ4n) is 1.41. The minimum Gasteiger partial charge on any atom is -0.289 e. The molecule has 5 heteroatoms. The minimum absolute atomic E-state index is 0.620. The summed E-state index contributed by atoms with van der Waals surface area (Å²) in [7, 11) is 0. The van der Waals surface area contributed by atoms with Gasteiger partial charge in [-0.25, -0.2) is 4.21 Å². The Bertz CT molecular complexity index is 454. The van der Waals surface area contributed by atoms with Crippen LogP contribution in [-0.2, 0) is 11.3 Å². The number of anilines is 1. The van der Waals surface area contributed by atoms with E-state index in [1.54, 1.807) is 12.3 Å². The molecule has 0 radical (unpaired) electrons. The number of aliphatic imine (C=N–C) groups is 1.